The van der Waals surface area contributed by atoms with E-state index in [0.717, 1.165) is 24.9 Å². The van der Waals surface area contributed by atoms with Gasteiger partial charge in [-0.05, 0) is 39.2 Å². The summed E-state index contributed by atoms with van der Waals surface area (Å²) in [5.74, 6) is 0.138. The molecule has 2 fully saturated rings. The van der Waals surface area contributed by atoms with Gasteiger partial charge in [-0.2, -0.15) is 0 Å². The first kappa shape index (κ1) is 16.3. The third-order valence-electron chi connectivity index (χ3n) is 5.33. The molecule has 1 amide bonds. The first-order valence-electron chi connectivity index (χ1n) is 8.85. The number of cyclic esters (lactones) is 1. The maximum absolute atomic E-state index is 12.8. The molecule has 134 valence electrons. The molecule has 4 heterocycles. The van der Waals surface area contributed by atoms with Crippen LogP contribution in [-0.4, -0.2) is 53.6 Å². The molecule has 2 saturated heterocycles. The fraction of sp³-hybridized carbons (Fsp3) is 0.611. The molecule has 3 aliphatic heterocycles. The molecule has 3 aliphatic rings. The van der Waals surface area contributed by atoms with Crippen LogP contribution in [-0.2, 0) is 19.9 Å². The van der Waals surface area contributed by atoms with Gasteiger partial charge >= 0.3 is 5.97 Å². The van der Waals surface area contributed by atoms with Gasteiger partial charge < -0.3 is 19.7 Å². The Balaban J connectivity index is 1.53. The molecule has 1 unspecified atom stereocenters. The van der Waals surface area contributed by atoms with Crippen LogP contribution in [0.15, 0.2) is 12.3 Å². The number of esters is 1. The molecule has 0 saturated carbocycles. The van der Waals surface area contributed by atoms with Crippen molar-refractivity contribution >= 4 is 17.7 Å². The third-order valence-corrected chi connectivity index (χ3v) is 5.33. The Kier molecular flexibility index (Phi) is 3.91. The predicted molar refractivity (Wildman–Crippen MR) is 90.3 cm³/mol. The summed E-state index contributed by atoms with van der Waals surface area (Å²) in [5, 5.41) is 3.19. The molecular weight excluding hydrogens is 322 g/mol. The number of likely N-dealkylation sites (tertiary alicyclic amines) is 1. The second-order valence-electron chi connectivity index (χ2n) is 7.34. The van der Waals surface area contributed by atoms with Crippen LogP contribution in [0.5, 0.6) is 0 Å². The first-order valence-corrected chi connectivity index (χ1v) is 8.85. The van der Waals surface area contributed by atoms with E-state index in [-0.39, 0.29) is 24.0 Å². The van der Waals surface area contributed by atoms with Crippen molar-refractivity contribution in [3.05, 3.63) is 23.4 Å². The van der Waals surface area contributed by atoms with Crippen molar-refractivity contribution in [3.8, 4) is 0 Å². The highest BCUT2D eigenvalue weighted by Crippen LogP contribution is 2.38. The SMILES string of the molecule is CC1(C)OC(=O)c2c1ccnc2NC1CCN(C2CCOCC2)C1=O. The van der Waals surface area contributed by atoms with Crippen molar-refractivity contribution < 1.29 is 19.1 Å². The summed E-state index contributed by atoms with van der Waals surface area (Å²) in [5.41, 5.74) is 0.589. The van der Waals surface area contributed by atoms with Gasteiger partial charge in [0.2, 0.25) is 5.91 Å². The average molecular weight is 345 g/mol. The van der Waals surface area contributed by atoms with Crippen LogP contribution in [0.4, 0.5) is 5.82 Å². The van der Waals surface area contributed by atoms with Gasteiger partial charge in [0.25, 0.3) is 0 Å². The molecule has 1 aromatic heterocycles. The van der Waals surface area contributed by atoms with Crippen LogP contribution in [0.25, 0.3) is 0 Å². The van der Waals surface area contributed by atoms with Gasteiger partial charge in [-0.15, -0.1) is 0 Å². The highest BCUT2D eigenvalue weighted by molar-refractivity contribution is 6.00. The molecule has 0 aromatic carbocycles. The number of nitrogens with zero attached hydrogens (tertiary/aromatic N) is 2. The number of hydrogen-bond acceptors (Lipinski definition) is 6. The Morgan fingerprint density at radius 1 is 1.24 bits per heavy atom. The maximum Gasteiger partial charge on any atom is 0.343 e. The van der Waals surface area contributed by atoms with Gasteiger partial charge in [0, 0.05) is 37.6 Å². The Morgan fingerprint density at radius 3 is 2.76 bits per heavy atom. The smallest absolute Gasteiger partial charge is 0.343 e. The van der Waals surface area contributed by atoms with Crippen LogP contribution in [0, 0.1) is 0 Å². The Labute approximate surface area is 146 Å². The van der Waals surface area contributed by atoms with E-state index in [1.54, 1.807) is 12.3 Å². The Hall–Kier alpha value is -2.15. The summed E-state index contributed by atoms with van der Waals surface area (Å²) in [6, 6.07) is 1.71. The molecule has 7 heteroatoms. The summed E-state index contributed by atoms with van der Waals surface area (Å²) in [6.07, 6.45) is 4.14. The van der Waals surface area contributed by atoms with E-state index in [2.05, 4.69) is 10.3 Å². The normalized spacial score (nSPS) is 25.8. The Morgan fingerprint density at radius 2 is 2.00 bits per heavy atom. The standard InChI is InChI=1S/C18H23N3O4/c1-18(2)12-3-7-19-15(14(12)17(23)25-18)20-13-4-8-21(16(13)22)11-5-9-24-10-6-11/h3,7,11,13H,4-6,8-10H2,1-2H3,(H,19,20). The first-order chi connectivity index (χ1) is 12.0. The lowest BCUT2D eigenvalue weighted by molar-refractivity contribution is -0.131. The fourth-order valence-electron chi connectivity index (χ4n) is 3.98. The van der Waals surface area contributed by atoms with E-state index in [1.165, 1.54) is 0 Å². The molecule has 7 nitrogen and oxygen atoms in total. The second-order valence-corrected chi connectivity index (χ2v) is 7.34. The van der Waals surface area contributed by atoms with Crippen molar-refractivity contribution in [2.45, 2.75) is 50.8 Å². The predicted octanol–water partition coefficient (Wildman–Crippen LogP) is 1.68. The zero-order chi connectivity index (χ0) is 17.6. The quantitative estimate of drug-likeness (QED) is 0.840. The van der Waals surface area contributed by atoms with Crippen LogP contribution in [0.1, 0.15) is 49.0 Å². The van der Waals surface area contributed by atoms with E-state index in [0.29, 0.717) is 31.0 Å². The minimum absolute atomic E-state index is 0.0805. The fourth-order valence-corrected chi connectivity index (χ4v) is 3.98. The van der Waals surface area contributed by atoms with Crippen LogP contribution in [0.3, 0.4) is 0 Å². The summed E-state index contributed by atoms with van der Waals surface area (Å²) in [7, 11) is 0. The second kappa shape index (κ2) is 5.98. The number of carbonyl (C=O) groups excluding carboxylic acids is 2. The van der Waals surface area contributed by atoms with Gasteiger partial charge in [-0.1, -0.05) is 0 Å². The summed E-state index contributed by atoms with van der Waals surface area (Å²) in [4.78, 5) is 31.3. The van der Waals surface area contributed by atoms with Crippen molar-refractivity contribution in [1.82, 2.24) is 9.88 Å². The molecule has 1 N–H and O–H groups in total. The lowest BCUT2D eigenvalue weighted by atomic mass is 9.97. The molecule has 0 spiro atoms. The van der Waals surface area contributed by atoms with Crippen molar-refractivity contribution in [1.29, 1.82) is 0 Å². The monoisotopic (exact) mass is 345 g/mol. The number of nitrogens with one attached hydrogen (secondary N) is 1. The number of aromatic nitrogens is 1. The van der Waals surface area contributed by atoms with E-state index in [1.807, 2.05) is 18.7 Å². The Bertz CT molecular complexity index is 712. The van der Waals surface area contributed by atoms with Gasteiger partial charge in [-0.3, -0.25) is 4.79 Å². The van der Waals surface area contributed by atoms with Crippen LogP contribution < -0.4 is 5.32 Å². The molecular formula is C18H23N3O4. The largest absolute Gasteiger partial charge is 0.451 e. The number of rotatable bonds is 3. The molecule has 0 radical (unpaired) electrons. The zero-order valence-electron chi connectivity index (χ0n) is 14.6. The summed E-state index contributed by atoms with van der Waals surface area (Å²) < 4.78 is 10.8. The molecule has 25 heavy (non-hydrogen) atoms. The van der Waals surface area contributed by atoms with Gasteiger partial charge in [0.05, 0.1) is 0 Å². The number of hydrogen-bond donors (Lipinski definition) is 1. The number of fused-ring (bicyclic) bond motifs is 1. The molecule has 1 atom stereocenters. The highest BCUT2D eigenvalue weighted by atomic mass is 16.6. The molecule has 4 rings (SSSR count). The van der Waals surface area contributed by atoms with Crippen LogP contribution in [0.2, 0.25) is 0 Å². The van der Waals surface area contributed by atoms with E-state index < -0.39 is 5.60 Å². The van der Waals surface area contributed by atoms with Gasteiger partial charge in [-0.25, -0.2) is 9.78 Å². The lowest BCUT2D eigenvalue weighted by Gasteiger charge is -2.31. The number of pyridine rings is 1. The van der Waals surface area contributed by atoms with Crippen LogP contribution >= 0.6 is 0 Å². The van der Waals surface area contributed by atoms with E-state index >= 15 is 0 Å². The topological polar surface area (TPSA) is 80.8 Å². The highest BCUT2D eigenvalue weighted by Gasteiger charge is 2.42. The minimum Gasteiger partial charge on any atom is -0.451 e. The van der Waals surface area contributed by atoms with Crippen molar-refractivity contribution in [2.24, 2.45) is 0 Å². The average Bonchev–Trinajstić information content (AvgIpc) is 3.06. The van der Waals surface area contributed by atoms with Gasteiger partial charge in [0.15, 0.2) is 0 Å². The van der Waals surface area contributed by atoms with Crippen molar-refractivity contribution in [3.63, 3.8) is 0 Å². The number of amides is 1. The third kappa shape index (κ3) is 2.76. The zero-order valence-corrected chi connectivity index (χ0v) is 14.6. The lowest BCUT2D eigenvalue weighted by Crippen LogP contribution is -2.43. The number of anilines is 1. The molecule has 0 bridgehead atoms. The number of carbonyl (C=O) groups is 2. The molecule has 0 aliphatic carbocycles. The number of ether oxygens (including phenoxy) is 2. The maximum atomic E-state index is 12.8. The van der Waals surface area contributed by atoms with Crippen molar-refractivity contribution in [2.75, 3.05) is 25.1 Å². The summed E-state index contributed by atoms with van der Waals surface area (Å²) in [6.45, 7) is 5.86. The summed E-state index contributed by atoms with van der Waals surface area (Å²) >= 11 is 0. The van der Waals surface area contributed by atoms with Gasteiger partial charge in [0.1, 0.15) is 23.0 Å². The molecule has 1 aromatic rings. The van der Waals surface area contributed by atoms with E-state index in [9.17, 15) is 9.59 Å². The minimum atomic E-state index is -0.667. The van der Waals surface area contributed by atoms with E-state index in [4.69, 9.17) is 9.47 Å².